The van der Waals surface area contributed by atoms with Crippen LogP contribution in [0.3, 0.4) is 0 Å². The Kier molecular flexibility index (Phi) is 6.41. The average Bonchev–Trinajstić information content (AvgIpc) is 3.25. The summed E-state index contributed by atoms with van der Waals surface area (Å²) in [6.07, 6.45) is 4.25. The molecule has 1 aromatic heterocycles. The van der Waals surface area contributed by atoms with E-state index < -0.39 is 10.0 Å². The van der Waals surface area contributed by atoms with Crippen LogP contribution >= 0.6 is 0 Å². The highest BCUT2D eigenvalue weighted by atomic mass is 32.2. The van der Waals surface area contributed by atoms with Gasteiger partial charge in [-0.05, 0) is 56.0 Å². The number of hydrogen-bond donors (Lipinski definition) is 0. The summed E-state index contributed by atoms with van der Waals surface area (Å²) in [5, 5.41) is 4.79. The molecule has 0 radical (unpaired) electrons. The molecule has 8 heteroatoms. The zero-order valence-corrected chi connectivity index (χ0v) is 20.3. The maximum Gasteiger partial charge on any atom is 0.257 e. The van der Waals surface area contributed by atoms with Gasteiger partial charge < -0.3 is 4.90 Å². The largest absolute Gasteiger partial charge is 0.338 e. The number of aromatic nitrogens is 2. The lowest BCUT2D eigenvalue weighted by atomic mass is 10.0. The Balaban J connectivity index is 1.65. The van der Waals surface area contributed by atoms with Crippen molar-refractivity contribution in [1.29, 1.82) is 0 Å². The first-order chi connectivity index (χ1) is 15.6. The van der Waals surface area contributed by atoms with Gasteiger partial charge in [-0.1, -0.05) is 30.3 Å². The maximum atomic E-state index is 13.6. The van der Waals surface area contributed by atoms with E-state index in [4.69, 9.17) is 5.10 Å². The summed E-state index contributed by atoms with van der Waals surface area (Å²) in [5.74, 6) is -0.0779. The van der Waals surface area contributed by atoms with E-state index in [0.29, 0.717) is 37.2 Å². The van der Waals surface area contributed by atoms with E-state index in [1.165, 1.54) is 16.1 Å². The second-order valence-electron chi connectivity index (χ2n) is 8.77. The second-order valence-corrected chi connectivity index (χ2v) is 10.8. The van der Waals surface area contributed by atoms with Gasteiger partial charge in [-0.2, -0.15) is 5.10 Å². The minimum atomic E-state index is -3.25. The molecule has 3 aromatic rings. The first kappa shape index (κ1) is 23.2. The van der Waals surface area contributed by atoms with Crippen molar-refractivity contribution in [3.05, 3.63) is 71.4 Å². The Morgan fingerprint density at radius 3 is 2.30 bits per heavy atom. The molecule has 33 heavy (non-hydrogen) atoms. The zero-order chi connectivity index (χ0) is 23.8. The van der Waals surface area contributed by atoms with Gasteiger partial charge in [-0.3, -0.25) is 4.79 Å². The maximum absolute atomic E-state index is 13.6. The smallest absolute Gasteiger partial charge is 0.257 e. The monoisotopic (exact) mass is 466 g/mol. The average molecular weight is 467 g/mol. The Hall–Kier alpha value is -2.97. The molecule has 4 rings (SSSR count). The Morgan fingerprint density at radius 1 is 1.03 bits per heavy atom. The minimum Gasteiger partial charge on any atom is -0.338 e. The van der Waals surface area contributed by atoms with Crippen molar-refractivity contribution >= 4 is 15.9 Å². The van der Waals surface area contributed by atoms with Gasteiger partial charge >= 0.3 is 0 Å². The van der Waals surface area contributed by atoms with Crippen molar-refractivity contribution in [2.45, 2.75) is 32.7 Å². The number of nitrogens with zero attached hydrogens (tertiary/aromatic N) is 4. The molecule has 0 aliphatic carbocycles. The van der Waals surface area contributed by atoms with E-state index in [2.05, 4.69) is 19.9 Å². The van der Waals surface area contributed by atoms with Gasteiger partial charge in [0.2, 0.25) is 10.0 Å². The molecular weight excluding hydrogens is 436 g/mol. The highest BCUT2D eigenvalue weighted by Gasteiger charge is 2.31. The summed E-state index contributed by atoms with van der Waals surface area (Å²) >= 11 is 0. The molecule has 0 bridgehead atoms. The Bertz CT molecular complexity index is 1260. The zero-order valence-electron chi connectivity index (χ0n) is 19.5. The van der Waals surface area contributed by atoms with Crippen LogP contribution in [-0.4, -0.2) is 65.7 Å². The molecule has 1 fully saturated rings. The summed E-state index contributed by atoms with van der Waals surface area (Å²) in [6, 6.07) is 15.8. The van der Waals surface area contributed by atoms with Crippen LogP contribution in [0.2, 0.25) is 0 Å². The number of hydrogen-bond acceptors (Lipinski definition) is 4. The number of rotatable bonds is 5. The molecule has 174 valence electrons. The normalized spacial score (nSPS) is 15.2. The van der Waals surface area contributed by atoms with Crippen LogP contribution in [0.1, 0.15) is 34.3 Å². The molecule has 2 aromatic carbocycles. The summed E-state index contributed by atoms with van der Waals surface area (Å²) in [7, 11) is -1.64. The molecule has 1 saturated heterocycles. The van der Waals surface area contributed by atoms with Crippen LogP contribution in [-0.2, 0) is 10.0 Å². The molecule has 1 amide bonds. The van der Waals surface area contributed by atoms with E-state index in [9.17, 15) is 13.2 Å². The first-order valence-corrected chi connectivity index (χ1v) is 12.9. The third kappa shape index (κ3) is 4.86. The van der Waals surface area contributed by atoms with Crippen LogP contribution in [0.5, 0.6) is 0 Å². The van der Waals surface area contributed by atoms with Crippen LogP contribution in [0.15, 0.2) is 54.7 Å². The third-order valence-corrected chi connectivity index (χ3v) is 7.88. The Labute approximate surface area is 195 Å². The number of benzene rings is 2. The molecule has 7 nitrogen and oxygen atoms in total. The van der Waals surface area contributed by atoms with Gasteiger partial charge in [0.05, 0.1) is 17.5 Å². The van der Waals surface area contributed by atoms with E-state index in [0.717, 1.165) is 16.8 Å². The highest BCUT2D eigenvalue weighted by molar-refractivity contribution is 7.88. The van der Waals surface area contributed by atoms with Crippen molar-refractivity contribution in [2.24, 2.45) is 0 Å². The third-order valence-electron chi connectivity index (χ3n) is 6.53. The topological polar surface area (TPSA) is 75.5 Å². The van der Waals surface area contributed by atoms with Gasteiger partial charge in [-0.15, -0.1) is 0 Å². The molecule has 0 atom stereocenters. The number of para-hydroxylation sites is 1. The number of piperidine rings is 1. The fourth-order valence-electron chi connectivity index (χ4n) is 4.22. The fraction of sp³-hybridized carbons (Fsp3) is 0.360. The van der Waals surface area contributed by atoms with E-state index in [-0.39, 0.29) is 11.9 Å². The van der Waals surface area contributed by atoms with Crippen LogP contribution in [0, 0.1) is 13.8 Å². The number of carbonyl (C=O) groups is 1. The van der Waals surface area contributed by atoms with Crippen molar-refractivity contribution < 1.29 is 13.2 Å². The van der Waals surface area contributed by atoms with Crippen molar-refractivity contribution in [3.8, 4) is 16.9 Å². The second kappa shape index (κ2) is 9.11. The molecule has 1 aliphatic rings. The quantitative estimate of drug-likeness (QED) is 0.575. The van der Waals surface area contributed by atoms with E-state index in [1.807, 2.05) is 47.4 Å². The summed E-state index contributed by atoms with van der Waals surface area (Å²) in [4.78, 5) is 15.4. The van der Waals surface area contributed by atoms with Gasteiger partial charge in [-0.25, -0.2) is 17.4 Å². The molecule has 2 heterocycles. The molecule has 0 N–H and O–H groups in total. The van der Waals surface area contributed by atoms with E-state index >= 15 is 0 Å². The van der Waals surface area contributed by atoms with Gasteiger partial charge in [0.15, 0.2) is 0 Å². The van der Waals surface area contributed by atoms with Gasteiger partial charge in [0.25, 0.3) is 5.91 Å². The highest BCUT2D eigenvalue weighted by Crippen LogP contribution is 2.28. The summed E-state index contributed by atoms with van der Waals surface area (Å²) < 4.78 is 27.0. The predicted octanol–water partition coefficient (Wildman–Crippen LogP) is 3.65. The molecule has 0 saturated carbocycles. The number of sulfonamides is 1. The Morgan fingerprint density at radius 2 is 1.70 bits per heavy atom. The van der Waals surface area contributed by atoms with Gasteiger partial charge in [0, 0.05) is 37.9 Å². The van der Waals surface area contributed by atoms with Crippen LogP contribution in [0.25, 0.3) is 16.9 Å². The first-order valence-electron chi connectivity index (χ1n) is 11.1. The lowest BCUT2D eigenvalue weighted by molar-refractivity contribution is 0.0687. The predicted molar refractivity (Wildman–Crippen MR) is 130 cm³/mol. The summed E-state index contributed by atoms with van der Waals surface area (Å²) in [5.41, 5.74) is 5.33. The standard InChI is InChI=1S/C25H30N4O3S/c1-18-10-11-20(16-19(18)2)24-23(17-29(26-24)22-8-6-5-7-9-22)25(30)28-14-12-21(13-15-28)27(3)33(4,31)32/h5-11,16-17,21H,12-15H2,1-4H3. The molecule has 1 aliphatic heterocycles. The number of amides is 1. The minimum absolute atomic E-state index is 0.0779. The molecule has 0 unspecified atom stereocenters. The fourth-order valence-corrected chi connectivity index (χ4v) is 4.97. The summed E-state index contributed by atoms with van der Waals surface area (Å²) in [6.45, 7) is 5.13. The van der Waals surface area contributed by atoms with Crippen LogP contribution < -0.4 is 0 Å². The molecule has 0 spiro atoms. The van der Waals surface area contributed by atoms with Crippen LogP contribution in [0.4, 0.5) is 0 Å². The van der Waals surface area contributed by atoms with E-state index in [1.54, 1.807) is 17.9 Å². The lowest BCUT2D eigenvalue weighted by Gasteiger charge is -2.35. The van der Waals surface area contributed by atoms with Crippen molar-refractivity contribution in [2.75, 3.05) is 26.4 Å². The number of likely N-dealkylation sites (tertiary alicyclic amines) is 1. The van der Waals surface area contributed by atoms with Gasteiger partial charge in [0.1, 0.15) is 5.69 Å². The lowest BCUT2D eigenvalue weighted by Crippen LogP contribution is -2.47. The number of carbonyl (C=O) groups excluding carboxylic acids is 1. The molecular formula is C25H30N4O3S. The SMILES string of the molecule is Cc1ccc(-c2nn(-c3ccccc3)cc2C(=O)N2CCC(N(C)S(C)(=O)=O)CC2)cc1C. The van der Waals surface area contributed by atoms with Crippen molar-refractivity contribution in [1.82, 2.24) is 19.0 Å². The van der Waals surface area contributed by atoms with Crippen molar-refractivity contribution in [3.63, 3.8) is 0 Å². The number of aryl methyl sites for hydroxylation is 2.